The number of carbonyl (C=O) groups is 1. The van der Waals surface area contributed by atoms with Crippen LogP contribution >= 0.6 is 0 Å². The molecule has 0 unspecified atom stereocenters. The van der Waals surface area contributed by atoms with Gasteiger partial charge in [0.25, 0.3) is 5.91 Å². The van der Waals surface area contributed by atoms with Gasteiger partial charge in [-0.2, -0.15) is 0 Å². The van der Waals surface area contributed by atoms with Crippen LogP contribution in [0.25, 0.3) is 11.0 Å². The summed E-state index contributed by atoms with van der Waals surface area (Å²) in [6, 6.07) is 22.2. The van der Waals surface area contributed by atoms with Gasteiger partial charge >= 0.3 is 0 Å². The number of benzene rings is 3. The zero-order valence-electron chi connectivity index (χ0n) is 19.6. The lowest BCUT2D eigenvalue weighted by atomic mass is 9.99. The number of hydrogen-bond donors (Lipinski definition) is 1. The van der Waals surface area contributed by atoms with Crippen LogP contribution in [0.1, 0.15) is 34.5 Å². The molecule has 5 heteroatoms. The van der Waals surface area contributed by atoms with Crippen LogP contribution < -0.4 is 10.1 Å². The van der Waals surface area contributed by atoms with Crippen molar-refractivity contribution in [2.75, 3.05) is 13.2 Å². The molecule has 3 aromatic carbocycles. The van der Waals surface area contributed by atoms with E-state index in [1.54, 1.807) is 0 Å². The van der Waals surface area contributed by atoms with E-state index in [0.717, 1.165) is 36.2 Å². The van der Waals surface area contributed by atoms with Crippen molar-refractivity contribution in [3.05, 3.63) is 94.8 Å². The van der Waals surface area contributed by atoms with Gasteiger partial charge in [0.2, 0.25) is 0 Å². The standard InChI is InChI=1S/C28H31N3O2/c1-20-16-21(2)24(22(3)17-20)18-31-26-13-8-7-12-25(26)30-27(31)14-9-15-29-28(32)19-33-23-10-5-4-6-11-23/h4-8,10-13,16-17H,9,14-15,18-19H2,1-3H3,(H,29,32). The Morgan fingerprint density at radius 3 is 2.42 bits per heavy atom. The van der Waals surface area contributed by atoms with Crippen LogP contribution in [0, 0.1) is 20.8 Å². The first-order chi connectivity index (χ1) is 16.0. The molecule has 4 rings (SSSR count). The Labute approximate surface area is 195 Å². The number of imidazole rings is 1. The minimum absolute atomic E-state index is 0.0223. The average Bonchev–Trinajstić information content (AvgIpc) is 3.15. The third-order valence-corrected chi connectivity index (χ3v) is 5.90. The van der Waals surface area contributed by atoms with E-state index in [1.165, 1.54) is 22.3 Å². The summed E-state index contributed by atoms with van der Waals surface area (Å²) in [5, 5.41) is 2.95. The Bertz CT molecular complexity index is 1220. The van der Waals surface area contributed by atoms with E-state index in [4.69, 9.17) is 9.72 Å². The molecule has 0 saturated carbocycles. The first-order valence-electron chi connectivity index (χ1n) is 11.5. The van der Waals surface area contributed by atoms with Crippen LogP contribution in [0.15, 0.2) is 66.7 Å². The average molecular weight is 442 g/mol. The Hall–Kier alpha value is -3.60. The SMILES string of the molecule is Cc1cc(C)c(Cn2c(CCCNC(=O)COc3ccccc3)nc3ccccc32)c(C)c1. The summed E-state index contributed by atoms with van der Waals surface area (Å²) in [5.74, 6) is 1.63. The van der Waals surface area contributed by atoms with Crippen molar-refractivity contribution in [3.8, 4) is 5.75 Å². The van der Waals surface area contributed by atoms with Gasteiger partial charge in [0.15, 0.2) is 6.61 Å². The number of fused-ring (bicyclic) bond motifs is 1. The molecule has 0 saturated heterocycles. The van der Waals surface area contributed by atoms with E-state index in [0.29, 0.717) is 12.3 Å². The van der Waals surface area contributed by atoms with E-state index < -0.39 is 0 Å². The minimum atomic E-state index is -0.113. The Morgan fingerprint density at radius 2 is 1.67 bits per heavy atom. The molecule has 0 radical (unpaired) electrons. The predicted octanol–water partition coefficient (Wildman–Crippen LogP) is 5.14. The fourth-order valence-corrected chi connectivity index (χ4v) is 4.30. The maximum Gasteiger partial charge on any atom is 0.257 e. The van der Waals surface area contributed by atoms with E-state index >= 15 is 0 Å². The number of rotatable bonds is 9. The summed E-state index contributed by atoms with van der Waals surface area (Å²) in [5.41, 5.74) is 7.40. The molecule has 0 aliphatic carbocycles. The van der Waals surface area contributed by atoms with Gasteiger partial charge in [-0.3, -0.25) is 4.79 Å². The molecule has 33 heavy (non-hydrogen) atoms. The summed E-state index contributed by atoms with van der Waals surface area (Å²) in [6.45, 7) is 7.91. The van der Waals surface area contributed by atoms with Crippen molar-refractivity contribution in [2.24, 2.45) is 0 Å². The zero-order valence-corrected chi connectivity index (χ0v) is 19.6. The Kier molecular flexibility index (Phi) is 7.08. The molecule has 0 atom stereocenters. The Balaban J connectivity index is 1.40. The molecular weight excluding hydrogens is 410 g/mol. The quantitative estimate of drug-likeness (QED) is 0.366. The number of amides is 1. The van der Waals surface area contributed by atoms with E-state index in [-0.39, 0.29) is 12.5 Å². The predicted molar refractivity (Wildman–Crippen MR) is 133 cm³/mol. The lowest BCUT2D eigenvalue weighted by Crippen LogP contribution is -2.30. The van der Waals surface area contributed by atoms with Crippen LogP contribution in [-0.4, -0.2) is 28.6 Å². The number of nitrogens with zero attached hydrogens (tertiary/aromatic N) is 2. The van der Waals surface area contributed by atoms with Crippen molar-refractivity contribution in [1.29, 1.82) is 0 Å². The number of aryl methyl sites for hydroxylation is 4. The smallest absolute Gasteiger partial charge is 0.257 e. The van der Waals surface area contributed by atoms with Crippen molar-refractivity contribution in [1.82, 2.24) is 14.9 Å². The molecule has 170 valence electrons. The molecule has 0 bridgehead atoms. The molecule has 0 aliphatic rings. The maximum atomic E-state index is 12.1. The van der Waals surface area contributed by atoms with Crippen molar-refractivity contribution in [3.63, 3.8) is 0 Å². The van der Waals surface area contributed by atoms with Crippen LogP contribution in [0.4, 0.5) is 0 Å². The molecule has 0 aliphatic heterocycles. The number of aromatic nitrogens is 2. The highest BCUT2D eigenvalue weighted by molar-refractivity contribution is 5.77. The molecule has 1 aromatic heterocycles. The van der Waals surface area contributed by atoms with Gasteiger partial charge in [-0.25, -0.2) is 4.98 Å². The lowest BCUT2D eigenvalue weighted by molar-refractivity contribution is -0.123. The number of para-hydroxylation sites is 3. The van der Waals surface area contributed by atoms with Crippen molar-refractivity contribution in [2.45, 2.75) is 40.2 Å². The second-order valence-corrected chi connectivity index (χ2v) is 8.54. The first kappa shape index (κ1) is 22.6. The van der Waals surface area contributed by atoms with Gasteiger partial charge in [-0.15, -0.1) is 0 Å². The number of nitrogens with one attached hydrogen (secondary N) is 1. The molecule has 1 heterocycles. The van der Waals surface area contributed by atoms with Crippen LogP contribution in [0.5, 0.6) is 5.75 Å². The third kappa shape index (κ3) is 5.61. The highest BCUT2D eigenvalue weighted by Gasteiger charge is 2.13. The van der Waals surface area contributed by atoms with E-state index in [1.807, 2.05) is 36.4 Å². The Morgan fingerprint density at radius 1 is 0.970 bits per heavy atom. The van der Waals surface area contributed by atoms with Gasteiger partial charge in [-0.05, 0) is 68.1 Å². The zero-order chi connectivity index (χ0) is 23.2. The molecule has 0 fully saturated rings. The molecule has 1 N–H and O–H groups in total. The largest absolute Gasteiger partial charge is 0.484 e. The summed E-state index contributed by atoms with van der Waals surface area (Å²) < 4.78 is 7.83. The second kappa shape index (κ2) is 10.3. The van der Waals surface area contributed by atoms with Crippen molar-refractivity contribution >= 4 is 16.9 Å². The molecule has 1 amide bonds. The van der Waals surface area contributed by atoms with Gasteiger partial charge < -0.3 is 14.6 Å². The topological polar surface area (TPSA) is 56.2 Å². The highest BCUT2D eigenvalue weighted by atomic mass is 16.5. The fraction of sp³-hybridized carbons (Fsp3) is 0.286. The third-order valence-electron chi connectivity index (χ3n) is 5.90. The van der Waals surface area contributed by atoms with Crippen LogP contribution in [-0.2, 0) is 17.8 Å². The van der Waals surface area contributed by atoms with Gasteiger partial charge in [-0.1, -0.05) is 48.0 Å². The van der Waals surface area contributed by atoms with Crippen LogP contribution in [0.2, 0.25) is 0 Å². The lowest BCUT2D eigenvalue weighted by Gasteiger charge is -2.15. The highest BCUT2D eigenvalue weighted by Crippen LogP contribution is 2.23. The monoisotopic (exact) mass is 441 g/mol. The molecule has 5 nitrogen and oxygen atoms in total. The number of carbonyl (C=O) groups excluding carboxylic acids is 1. The molecule has 0 spiro atoms. The number of hydrogen-bond acceptors (Lipinski definition) is 3. The van der Waals surface area contributed by atoms with Crippen LogP contribution in [0.3, 0.4) is 0 Å². The second-order valence-electron chi connectivity index (χ2n) is 8.54. The summed E-state index contributed by atoms with van der Waals surface area (Å²) >= 11 is 0. The van der Waals surface area contributed by atoms with Gasteiger partial charge in [0.1, 0.15) is 11.6 Å². The number of ether oxygens (including phenoxy) is 1. The summed E-state index contributed by atoms with van der Waals surface area (Å²) in [7, 11) is 0. The summed E-state index contributed by atoms with van der Waals surface area (Å²) in [4.78, 5) is 17.0. The molecule has 4 aromatic rings. The van der Waals surface area contributed by atoms with Gasteiger partial charge in [0.05, 0.1) is 11.0 Å². The van der Waals surface area contributed by atoms with Crippen molar-refractivity contribution < 1.29 is 9.53 Å². The molecular formula is C28H31N3O2. The fourth-order valence-electron chi connectivity index (χ4n) is 4.30. The van der Waals surface area contributed by atoms with E-state index in [2.05, 4.69) is 61.0 Å². The van der Waals surface area contributed by atoms with Gasteiger partial charge in [0, 0.05) is 19.5 Å². The normalized spacial score (nSPS) is 11.0. The maximum absolute atomic E-state index is 12.1. The minimum Gasteiger partial charge on any atom is -0.484 e. The summed E-state index contributed by atoms with van der Waals surface area (Å²) in [6.07, 6.45) is 1.60. The first-order valence-corrected chi connectivity index (χ1v) is 11.5. The van der Waals surface area contributed by atoms with E-state index in [9.17, 15) is 4.79 Å².